The van der Waals surface area contributed by atoms with Gasteiger partial charge in [-0.1, -0.05) is 66.7 Å². The number of cyclic esters (lactones) is 1. The molecule has 1 aliphatic rings. The lowest BCUT2D eigenvalue weighted by atomic mass is 9.97. The Morgan fingerprint density at radius 2 is 1.56 bits per heavy atom. The third kappa shape index (κ3) is 6.97. The van der Waals surface area contributed by atoms with Crippen LogP contribution in [0.3, 0.4) is 0 Å². The van der Waals surface area contributed by atoms with E-state index in [1.807, 2.05) is 30.3 Å². The predicted molar refractivity (Wildman–Crippen MR) is 146 cm³/mol. The average Bonchev–Trinajstić information content (AvgIpc) is 3.26. The first kappa shape index (κ1) is 27.7. The summed E-state index contributed by atoms with van der Waals surface area (Å²) in [4.78, 5) is 49.9. The highest BCUT2D eigenvalue weighted by molar-refractivity contribution is 7.99. The van der Waals surface area contributed by atoms with E-state index in [4.69, 9.17) is 4.74 Å². The van der Waals surface area contributed by atoms with Crippen LogP contribution in [0.2, 0.25) is 0 Å². The van der Waals surface area contributed by atoms with E-state index in [1.165, 1.54) is 11.8 Å². The number of ether oxygens (including phenoxy) is 1. The molecule has 0 bridgehead atoms. The maximum absolute atomic E-state index is 13.7. The van der Waals surface area contributed by atoms with Gasteiger partial charge in [-0.3, -0.25) is 9.59 Å². The van der Waals surface area contributed by atoms with Crippen LogP contribution in [0.1, 0.15) is 39.8 Å². The van der Waals surface area contributed by atoms with Crippen LogP contribution >= 0.6 is 11.8 Å². The molecule has 0 aromatic heterocycles. The summed E-state index contributed by atoms with van der Waals surface area (Å²) in [5.74, 6) is -4.11. The Bertz CT molecular complexity index is 1340. The van der Waals surface area contributed by atoms with Gasteiger partial charge in [0, 0.05) is 29.8 Å². The van der Waals surface area contributed by atoms with Gasteiger partial charge in [0.25, 0.3) is 0 Å². The first-order chi connectivity index (χ1) is 18.8. The molecule has 0 saturated heterocycles. The molecule has 1 amide bonds. The van der Waals surface area contributed by atoms with E-state index in [0.29, 0.717) is 17.7 Å². The minimum Gasteiger partial charge on any atom is -0.481 e. The van der Waals surface area contributed by atoms with E-state index in [9.17, 15) is 29.4 Å². The number of carbonyl (C=O) groups excluding carboxylic acids is 2. The SMILES string of the molecule is O=C(O)CC[C@@](NC(=O)C(CSC1OC(=O)c2ccccc21)Cc1ccccc1)(Nc1ccccc1)C(=O)O. The molecule has 10 heteroatoms. The minimum atomic E-state index is -2.07. The zero-order chi connectivity index (χ0) is 27.8. The Morgan fingerprint density at radius 3 is 2.23 bits per heavy atom. The number of aliphatic carboxylic acids is 2. The van der Waals surface area contributed by atoms with Crippen LogP contribution in [0.25, 0.3) is 0 Å². The molecule has 0 spiro atoms. The van der Waals surface area contributed by atoms with Crippen molar-refractivity contribution in [2.45, 2.75) is 30.4 Å². The number of benzene rings is 3. The van der Waals surface area contributed by atoms with Crippen molar-refractivity contribution >= 4 is 41.3 Å². The number of carboxylic acids is 2. The van der Waals surface area contributed by atoms with Gasteiger partial charge < -0.3 is 25.6 Å². The third-order valence-corrected chi connectivity index (χ3v) is 7.59. The standard InChI is InChI=1S/C29H28N2O7S/c32-24(33)15-16-29(28(36)37,30-21-11-5-2-6-12-21)31-25(34)20(17-19-9-3-1-4-10-19)18-39-27-23-14-8-7-13-22(23)26(35)38-27/h1-14,20,27,30H,15-18H2,(H,31,34)(H,32,33)(H,36,37)/t20?,27?,29-/m0/s1. The molecular weight excluding hydrogens is 520 g/mol. The maximum atomic E-state index is 13.7. The number of amides is 1. The number of fused-ring (bicyclic) bond motifs is 1. The highest BCUT2D eigenvalue weighted by Crippen LogP contribution is 2.40. The molecule has 4 N–H and O–H groups in total. The Hall–Kier alpha value is -4.31. The van der Waals surface area contributed by atoms with Gasteiger partial charge in [0.15, 0.2) is 5.44 Å². The number of nitrogens with one attached hydrogen (secondary N) is 2. The summed E-state index contributed by atoms with van der Waals surface area (Å²) in [7, 11) is 0. The number of thioether (sulfide) groups is 1. The molecule has 1 heterocycles. The molecule has 0 saturated carbocycles. The van der Waals surface area contributed by atoms with Crippen molar-refractivity contribution in [3.63, 3.8) is 0 Å². The lowest BCUT2D eigenvalue weighted by Crippen LogP contribution is -2.61. The van der Waals surface area contributed by atoms with Crippen molar-refractivity contribution in [1.29, 1.82) is 0 Å². The number of rotatable bonds is 13. The molecule has 4 rings (SSSR count). The second-order valence-electron chi connectivity index (χ2n) is 9.13. The molecule has 1 aliphatic heterocycles. The maximum Gasteiger partial charge on any atom is 0.350 e. The number of anilines is 1. The number of carboxylic acid groups (broad SMARTS) is 2. The largest absolute Gasteiger partial charge is 0.481 e. The average molecular weight is 549 g/mol. The molecule has 39 heavy (non-hydrogen) atoms. The van der Waals surface area contributed by atoms with E-state index in [0.717, 1.165) is 11.1 Å². The van der Waals surface area contributed by atoms with E-state index in [-0.39, 0.29) is 5.75 Å². The summed E-state index contributed by atoms with van der Waals surface area (Å²) in [6, 6.07) is 24.7. The lowest BCUT2D eigenvalue weighted by Gasteiger charge is -2.33. The number of carbonyl (C=O) groups is 4. The van der Waals surface area contributed by atoms with Crippen LogP contribution in [0.5, 0.6) is 0 Å². The molecule has 0 radical (unpaired) electrons. The van der Waals surface area contributed by atoms with Gasteiger partial charge in [-0.05, 0) is 30.2 Å². The first-order valence-corrected chi connectivity index (χ1v) is 13.4. The topological polar surface area (TPSA) is 142 Å². The second kappa shape index (κ2) is 12.5. The van der Waals surface area contributed by atoms with Crippen LogP contribution in [-0.2, 0) is 25.5 Å². The first-order valence-electron chi connectivity index (χ1n) is 12.3. The number of hydrogen-bond donors (Lipinski definition) is 4. The fraction of sp³-hybridized carbons (Fsp3) is 0.241. The number of esters is 1. The van der Waals surface area contributed by atoms with Crippen molar-refractivity contribution in [1.82, 2.24) is 5.32 Å². The second-order valence-corrected chi connectivity index (χ2v) is 10.2. The Morgan fingerprint density at radius 1 is 0.923 bits per heavy atom. The van der Waals surface area contributed by atoms with Crippen LogP contribution in [0, 0.1) is 5.92 Å². The van der Waals surface area contributed by atoms with Crippen LogP contribution in [0.15, 0.2) is 84.9 Å². The summed E-state index contributed by atoms with van der Waals surface area (Å²) in [6.45, 7) is 0. The quantitative estimate of drug-likeness (QED) is 0.181. The van der Waals surface area contributed by atoms with Crippen molar-refractivity contribution in [2.75, 3.05) is 11.1 Å². The highest BCUT2D eigenvalue weighted by Gasteiger charge is 2.42. The summed E-state index contributed by atoms with van der Waals surface area (Å²) in [5.41, 5.74) is -0.191. The zero-order valence-corrected chi connectivity index (χ0v) is 21.7. The minimum absolute atomic E-state index is 0.215. The normalized spacial score (nSPS) is 16.3. The van der Waals surface area contributed by atoms with Gasteiger partial charge >= 0.3 is 17.9 Å². The van der Waals surface area contributed by atoms with Crippen molar-refractivity contribution in [3.8, 4) is 0 Å². The number of para-hydroxylation sites is 1. The van der Waals surface area contributed by atoms with Gasteiger partial charge in [0.2, 0.25) is 11.6 Å². The molecule has 3 aromatic rings. The Kier molecular flexibility index (Phi) is 8.88. The molecule has 3 aromatic carbocycles. The molecular formula is C29H28N2O7S. The van der Waals surface area contributed by atoms with Crippen LogP contribution in [-0.4, -0.2) is 45.4 Å². The number of hydrogen-bond acceptors (Lipinski definition) is 7. The Labute approximate surface area is 229 Å². The van der Waals surface area contributed by atoms with E-state index in [1.54, 1.807) is 54.6 Å². The van der Waals surface area contributed by atoms with Crippen molar-refractivity contribution < 1.29 is 34.1 Å². The van der Waals surface area contributed by atoms with Gasteiger partial charge in [-0.2, -0.15) is 0 Å². The smallest absolute Gasteiger partial charge is 0.350 e. The van der Waals surface area contributed by atoms with Crippen LogP contribution < -0.4 is 10.6 Å². The summed E-state index contributed by atoms with van der Waals surface area (Å²) in [5, 5.41) is 25.0. The molecule has 2 unspecified atom stereocenters. The summed E-state index contributed by atoms with van der Waals surface area (Å²) in [6.07, 6.45) is -0.585. The van der Waals surface area contributed by atoms with Gasteiger partial charge in [0.05, 0.1) is 11.5 Å². The van der Waals surface area contributed by atoms with Crippen molar-refractivity contribution in [2.24, 2.45) is 5.92 Å². The van der Waals surface area contributed by atoms with Gasteiger partial charge in [0.1, 0.15) is 0 Å². The summed E-state index contributed by atoms with van der Waals surface area (Å²) >= 11 is 1.28. The van der Waals surface area contributed by atoms with E-state index >= 15 is 0 Å². The van der Waals surface area contributed by atoms with Gasteiger partial charge in [-0.15, -0.1) is 11.8 Å². The van der Waals surface area contributed by atoms with Gasteiger partial charge in [-0.25, -0.2) is 9.59 Å². The van der Waals surface area contributed by atoms with Crippen LogP contribution in [0.4, 0.5) is 5.69 Å². The highest BCUT2D eigenvalue weighted by atomic mass is 32.2. The lowest BCUT2D eigenvalue weighted by molar-refractivity contribution is -0.148. The summed E-state index contributed by atoms with van der Waals surface area (Å²) < 4.78 is 5.52. The van der Waals surface area contributed by atoms with E-state index < -0.39 is 53.7 Å². The molecule has 0 aliphatic carbocycles. The zero-order valence-electron chi connectivity index (χ0n) is 20.9. The fourth-order valence-electron chi connectivity index (χ4n) is 4.31. The van der Waals surface area contributed by atoms with E-state index in [2.05, 4.69) is 10.6 Å². The monoisotopic (exact) mass is 548 g/mol. The molecule has 3 atom stereocenters. The molecule has 9 nitrogen and oxygen atoms in total. The third-order valence-electron chi connectivity index (χ3n) is 6.34. The molecule has 202 valence electrons. The fourth-order valence-corrected chi connectivity index (χ4v) is 5.53. The Balaban J connectivity index is 1.59. The predicted octanol–water partition coefficient (Wildman–Crippen LogP) is 4.32. The molecule has 0 fully saturated rings. The van der Waals surface area contributed by atoms with Crippen molar-refractivity contribution in [3.05, 3.63) is 102 Å².